The molecule has 0 saturated heterocycles. The summed E-state index contributed by atoms with van der Waals surface area (Å²) in [5.41, 5.74) is 0.902. The fourth-order valence-corrected chi connectivity index (χ4v) is 1.64. The molecule has 1 N–H and O–H groups in total. The van der Waals surface area contributed by atoms with Gasteiger partial charge in [-0.05, 0) is 37.6 Å². The predicted molar refractivity (Wildman–Crippen MR) is 71.2 cm³/mol. The standard InChI is InChI=1S/C13H18ClNO3/c1-9-8-11(14)4-5-12(9)18-10(2)13(16)15-6-7-17-3/h4-5,8,10H,6-7H2,1-3H3,(H,15,16)/t10-/m0/s1. The Morgan fingerprint density at radius 1 is 1.50 bits per heavy atom. The monoisotopic (exact) mass is 271 g/mol. The van der Waals surface area contributed by atoms with Crippen LogP contribution >= 0.6 is 11.6 Å². The minimum Gasteiger partial charge on any atom is -0.481 e. The van der Waals surface area contributed by atoms with Crippen molar-refractivity contribution in [1.82, 2.24) is 5.32 Å². The maximum absolute atomic E-state index is 11.7. The zero-order chi connectivity index (χ0) is 13.5. The molecule has 18 heavy (non-hydrogen) atoms. The lowest BCUT2D eigenvalue weighted by Gasteiger charge is -2.16. The third-order valence-corrected chi connectivity index (χ3v) is 2.65. The second-order valence-corrected chi connectivity index (χ2v) is 4.39. The van der Waals surface area contributed by atoms with Gasteiger partial charge in [0.15, 0.2) is 6.10 Å². The van der Waals surface area contributed by atoms with Gasteiger partial charge in [0.1, 0.15) is 5.75 Å². The van der Waals surface area contributed by atoms with E-state index in [1.165, 1.54) is 0 Å². The van der Waals surface area contributed by atoms with Crippen LogP contribution in [0.2, 0.25) is 5.02 Å². The van der Waals surface area contributed by atoms with E-state index >= 15 is 0 Å². The van der Waals surface area contributed by atoms with E-state index in [0.29, 0.717) is 23.9 Å². The third kappa shape index (κ3) is 4.55. The van der Waals surface area contributed by atoms with Gasteiger partial charge in [-0.3, -0.25) is 4.79 Å². The number of carbonyl (C=O) groups excluding carboxylic acids is 1. The van der Waals surface area contributed by atoms with Crippen LogP contribution in [0.1, 0.15) is 12.5 Å². The fourth-order valence-electron chi connectivity index (χ4n) is 1.41. The lowest BCUT2D eigenvalue weighted by atomic mass is 10.2. The lowest BCUT2D eigenvalue weighted by molar-refractivity contribution is -0.127. The summed E-state index contributed by atoms with van der Waals surface area (Å²) in [6.07, 6.45) is -0.554. The molecular formula is C13H18ClNO3. The van der Waals surface area contributed by atoms with Gasteiger partial charge in [0.2, 0.25) is 0 Å². The molecular weight excluding hydrogens is 254 g/mol. The number of halogens is 1. The molecule has 1 aromatic rings. The largest absolute Gasteiger partial charge is 0.481 e. The summed E-state index contributed by atoms with van der Waals surface area (Å²) in [7, 11) is 1.59. The van der Waals surface area contributed by atoms with Crippen molar-refractivity contribution >= 4 is 17.5 Å². The number of hydrogen-bond acceptors (Lipinski definition) is 3. The summed E-state index contributed by atoms with van der Waals surface area (Å²) in [6.45, 7) is 4.55. The number of nitrogens with one attached hydrogen (secondary N) is 1. The number of hydrogen-bond donors (Lipinski definition) is 1. The van der Waals surface area contributed by atoms with Crippen molar-refractivity contribution in [3.63, 3.8) is 0 Å². The van der Waals surface area contributed by atoms with Crippen LogP contribution in [0.15, 0.2) is 18.2 Å². The molecule has 0 radical (unpaired) electrons. The van der Waals surface area contributed by atoms with Crippen LogP contribution in [-0.2, 0) is 9.53 Å². The summed E-state index contributed by atoms with van der Waals surface area (Å²) in [4.78, 5) is 11.7. The van der Waals surface area contributed by atoms with Crippen molar-refractivity contribution in [2.45, 2.75) is 20.0 Å². The van der Waals surface area contributed by atoms with Crippen molar-refractivity contribution in [3.05, 3.63) is 28.8 Å². The van der Waals surface area contributed by atoms with E-state index in [-0.39, 0.29) is 5.91 Å². The number of methoxy groups -OCH3 is 1. The predicted octanol–water partition coefficient (Wildman–Crippen LogP) is 2.18. The zero-order valence-electron chi connectivity index (χ0n) is 10.8. The van der Waals surface area contributed by atoms with Gasteiger partial charge in [-0.15, -0.1) is 0 Å². The Hall–Kier alpha value is -1.26. The number of aryl methyl sites for hydroxylation is 1. The van der Waals surface area contributed by atoms with Gasteiger partial charge in [0.05, 0.1) is 6.61 Å². The lowest BCUT2D eigenvalue weighted by Crippen LogP contribution is -2.38. The SMILES string of the molecule is COCCNC(=O)[C@H](C)Oc1ccc(Cl)cc1C. The quantitative estimate of drug-likeness (QED) is 0.807. The Kier molecular flexibility index (Phi) is 5.95. The second-order valence-electron chi connectivity index (χ2n) is 3.95. The Balaban J connectivity index is 2.53. The molecule has 1 amide bonds. The second kappa shape index (κ2) is 7.24. The highest BCUT2D eigenvalue weighted by molar-refractivity contribution is 6.30. The molecule has 0 fully saturated rings. The van der Waals surface area contributed by atoms with E-state index in [1.54, 1.807) is 32.2 Å². The Morgan fingerprint density at radius 3 is 2.83 bits per heavy atom. The van der Waals surface area contributed by atoms with Crippen LogP contribution in [0.25, 0.3) is 0 Å². The van der Waals surface area contributed by atoms with E-state index in [4.69, 9.17) is 21.1 Å². The van der Waals surface area contributed by atoms with Crippen LogP contribution < -0.4 is 10.1 Å². The van der Waals surface area contributed by atoms with Crippen molar-refractivity contribution in [2.24, 2.45) is 0 Å². The van der Waals surface area contributed by atoms with Gasteiger partial charge in [-0.25, -0.2) is 0 Å². The normalized spacial score (nSPS) is 12.0. The first kappa shape index (κ1) is 14.8. The van der Waals surface area contributed by atoms with Crippen LogP contribution in [0.3, 0.4) is 0 Å². The number of amides is 1. The fraction of sp³-hybridized carbons (Fsp3) is 0.462. The van der Waals surface area contributed by atoms with Crippen molar-refractivity contribution < 1.29 is 14.3 Å². The summed E-state index contributed by atoms with van der Waals surface area (Å²) in [5.74, 6) is 0.496. The van der Waals surface area contributed by atoms with E-state index in [0.717, 1.165) is 5.56 Å². The molecule has 4 nitrogen and oxygen atoms in total. The molecule has 1 aromatic carbocycles. The molecule has 5 heteroatoms. The summed E-state index contributed by atoms with van der Waals surface area (Å²) in [6, 6.07) is 5.29. The molecule has 0 bridgehead atoms. The van der Waals surface area contributed by atoms with Crippen LogP contribution in [0.5, 0.6) is 5.75 Å². The molecule has 0 aliphatic rings. The van der Waals surface area contributed by atoms with Crippen LogP contribution in [0.4, 0.5) is 0 Å². The molecule has 0 aromatic heterocycles. The first-order chi connectivity index (χ1) is 8.54. The molecule has 0 aliphatic heterocycles. The first-order valence-electron chi connectivity index (χ1n) is 5.74. The topological polar surface area (TPSA) is 47.6 Å². The van der Waals surface area contributed by atoms with Gasteiger partial charge >= 0.3 is 0 Å². The average Bonchev–Trinajstić information content (AvgIpc) is 2.32. The van der Waals surface area contributed by atoms with E-state index < -0.39 is 6.10 Å². The van der Waals surface area contributed by atoms with Crippen molar-refractivity contribution in [2.75, 3.05) is 20.3 Å². The van der Waals surface area contributed by atoms with Crippen molar-refractivity contribution in [3.8, 4) is 5.75 Å². The maximum Gasteiger partial charge on any atom is 0.260 e. The molecule has 0 unspecified atom stereocenters. The summed E-state index contributed by atoms with van der Waals surface area (Å²) >= 11 is 5.85. The zero-order valence-corrected chi connectivity index (χ0v) is 11.6. The highest BCUT2D eigenvalue weighted by atomic mass is 35.5. The first-order valence-corrected chi connectivity index (χ1v) is 6.12. The van der Waals surface area contributed by atoms with Gasteiger partial charge in [-0.2, -0.15) is 0 Å². The molecule has 1 atom stereocenters. The van der Waals surface area contributed by atoms with E-state index in [1.807, 2.05) is 6.92 Å². The number of rotatable bonds is 6. The highest BCUT2D eigenvalue weighted by Gasteiger charge is 2.14. The van der Waals surface area contributed by atoms with Gasteiger partial charge in [-0.1, -0.05) is 11.6 Å². The smallest absolute Gasteiger partial charge is 0.260 e. The van der Waals surface area contributed by atoms with Crippen molar-refractivity contribution in [1.29, 1.82) is 0 Å². The summed E-state index contributed by atoms with van der Waals surface area (Å²) < 4.78 is 10.4. The van der Waals surface area contributed by atoms with Crippen LogP contribution in [0, 0.1) is 6.92 Å². The number of benzene rings is 1. The average molecular weight is 272 g/mol. The van der Waals surface area contributed by atoms with Gasteiger partial charge < -0.3 is 14.8 Å². The Bertz CT molecular complexity index is 409. The Morgan fingerprint density at radius 2 is 2.22 bits per heavy atom. The number of carbonyl (C=O) groups is 1. The molecule has 0 spiro atoms. The molecule has 100 valence electrons. The molecule has 0 heterocycles. The molecule has 0 saturated carbocycles. The van der Waals surface area contributed by atoms with Gasteiger partial charge in [0, 0.05) is 18.7 Å². The molecule has 1 rings (SSSR count). The number of ether oxygens (including phenoxy) is 2. The maximum atomic E-state index is 11.7. The highest BCUT2D eigenvalue weighted by Crippen LogP contribution is 2.22. The van der Waals surface area contributed by atoms with Gasteiger partial charge in [0.25, 0.3) is 5.91 Å². The summed E-state index contributed by atoms with van der Waals surface area (Å²) in [5, 5.41) is 3.37. The minimum atomic E-state index is -0.554. The van der Waals surface area contributed by atoms with Crippen LogP contribution in [-0.4, -0.2) is 32.3 Å². The third-order valence-electron chi connectivity index (χ3n) is 2.42. The minimum absolute atomic E-state index is 0.165. The van der Waals surface area contributed by atoms with E-state index in [9.17, 15) is 4.79 Å². The Labute approximate surface area is 112 Å². The molecule has 0 aliphatic carbocycles. The van der Waals surface area contributed by atoms with E-state index in [2.05, 4.69) is 5.32 Å².